The van der Waals surface area contributed by atoms with E-state index in [2.05, 4.69) is 23.8 Å². The first kappa shape index (κ1) is 11.7. The number of rotatable bonds is 3. The molecule has 0 radical (unpaired) electrons. The van der Waals surface area contributed by atoms with Crippen molar-refractivity contribution in [3.8, 4) is 0 Å². The molecule has 0 aliphatic rings. The molecule has 14 heavy (non-hydrogen) atoms. The summed E-state index contributed by atoms with van der Waals surface area (Å²) in [6.45, 7) is 6.12. The van der Waals surface area contributed by atoms with E-state index >= 15 is 0 Å². The first-order chi connectivity index (χ1) is 6.49. The molecule has 0 spiro atoms. The molecule has 0 aliphatic heterocycles. The van der Waals surface area contributed by atoms with Gasteiger partial charge in [-0.3, -0.25) is 0 Å². The molecule has 0 saturated carbocycles. The van der Waals surface area contributed by atoms with Gasteiger partial charge in [0.1, 0.15) is 11.0 Å². The Balaban J connectivity index is 2.95. The van der Waals surface area contributed by atoms with E-state index in [1.165, 1.54) is 0 Å². The Morgan fingerprint density at radius 2 is 1.93 bits per heavy atom. The minimum absolute atomic E-state index is 0.195. The smallest absolute Gasteiger partial charge is 0.147 e. The maximum Gasteiger partial charge on any atom is 0.147 e. The zero-order valence-electron chi connectivity index (χ0n) is 8.59. The summed E-state index contributed by atoms with van der Waals surface area (Å²) in [6.07, 6.45) is 0.902. The van der Waals surface area contributed by atoms with E-state index in [9.17, 15) is 0 Å². The largest absolute Gasteiger partial charge is 0.236 e. The first-order valence-electron chi connectivity index (χ1n) is 4.66. The van der Waals surface area contributed by atoms with Crippen molar-refractivity contribution >= 4 is 23.2 Å². The molecule has 1 unspecified atom stereocenters. The molecule has 0 aliphatic carbocycles. The lowest BCUT2D eigenvalue weighted by Gasteiger charge is -2.07. The zero-order chi connectivity index (χ0) is 10.7. The SMILES string of the molecule is CC(C)Cc1cc(Cl)nc(C(C)Cl)n1. The number of aromatic nitrogens is 2. The number of hydrogen-bond donors (Lipinski definition) is 0. The van der Waals surface area contributed by atoms with Gasteiger partial charge in [-0.05, 0) is 25.3 Å². The molecule has 0 amide bonds. The summed E-state index contributed by atoms with van der Waals surface area (Å²) in [6, 6.07) is 1.80. The lowest BCUT2D eigenvalue weighted by molar-refractivity contribution is 0.630. The van der Waals surface area contributed by atoms with Crippen LogP contribution in [0.4, 0.5) is 0 Å². The number of alkyl halides is 1. The molecule has 0 saturated heterocycles. The molecule has 2 nitrogen and oxygen atoms in total. The third-order valence-electron chi connectivity index (χ3n) is 1.74. The molecule has 1 heterocycles. The molecule has 0 bridgehead atoms. The van der Waals surface area contributed by atoms with Gasteiger partial charge >= 0.3 is 0 Å². The van der Waals surface area contributed by atoms with Crippen LogP contribution >= 0.6 is 23.2 Å². The van der Waals surface area contributed by atoms with Crippen LogP contribution in [0.2, 0.25) is 5.15 Å². The van der Waals surface area contributed by atoms with Crippen molar-refractivity contribution in [2.45, 2.75) is 32.6 Å². The van der Waals surface area contributed by atoms with Crippen molar-refractivity contribution in [3.05, 3.63) is 22.7 Å². The van der Waals surface area contributed by atoms with E-state index in [1.54, 1.807) is 6.07 Å². The molecular formula is C10H14Cl2N2. The van der Waals surface area contributed by atoms with Crippen LogP contribution in [0, 0.1) is 5.92 Å². The zero-order valence-corrected chi connectivity index (χ0v) is 10.1. The average molecular weight is 233 g/mol. The summed E-state index contributed by atoms with van der Waals surface area (Å²) >= 11 is 11.8. The third-order valence-corrected chi connectivity index (χ3v) is 2.13. The van der Waals surface area contributed by atoms with E-state index < -0.39 is 0 Å². The average Bonchev–Trinajstić information content (AvgIpc) is 2.01. The standard InChI is InChI=1S/C10H14Cl2N2/c1-6(2)4-8-5-9(12)14-10(13-8)7(3)11/h5-7H,4H2,1-3H3. The Morgan fingerprint density at radius 1 is 1.29 bits per heavy atom. The fourth-order valence-electron chi connectivity index (χ4n) is 1.18. The Kier molecular flexibility index (Phi) is 4.14. The predicted molar refractivity (Wildman–Crippen MR) is 59.9 cm³/mol. The molecule has 78 valence electrons. The van der Waals surface area contributed by atoms with Crippen molar-refractivity contribution in [1.29, 1.82) is 0 Å². The van der Waals surface area contributed by atoms with Gasteiger partial charge in [-0.2, -0.15) is 0 Å². The number of nitrogens with zero attached hydrogens (tertiary/aromatic N) is 2. The monoisotopic (exact) mass is 232 g/mol. The highest BCUT2D eigenvalue weighted by Crippen LogP contribution is 2.19. The highest BCUT2D eigenvalue weighted by Gasteiger charge is 2.09. The number of hydrogen-bond acceptors (Lipinski definition) is 2. The van der Waals surface area contributed by atoms with Crippen LogP contribution in [0.3, 0.4) is 0 Å². The van der Waals surface area contributed by atoms with Crippen LogP contribution in [0.25, 0.3) is 0 Å². The van der Waals surface area contributed by atoms with Crippen LogP contribution in [-0.4, -0.2) is 9.97 Å². The van der Waals surface area contributed by atoms with Crippen molar-refractivity contribution in [3.63, 3.8) is 0 Å². The lowest BCUT2D eigenvalue weighted by Crippen LogP contribution is -2.03. The number of halogens is 2. The summed E-state index contributed by atoms with van der Waals surface area (Å²) in [7, 11) is 0. The van der Waals surface area contributed by atoms with E-state index in [4.69, 9.17) is 23.2 Å². The van der Waals surface area contributed by atoms with Gasteiger partial charge in [0, 0.05) is 5.69 Å². The van der Waals surface area contributed by atoms with Gasteiger partial charge < -0.3 is 0 Å². The highest BCUT2D eigenvalue weighted by atomic mass is 35.5. The highest BCUT2D eigenvalue weighted by molar-refractivity contribution is 6.29. The summed E-state index contributed by atoms with van der Waals surface area (Å²) in [5, 5.41) is 0.276. The van der Waals surface area contributed by atoms with E-state index in [0.717, 1.165) is 12.1 Å². The van der Waals surface area contributed by atoms with Crippen molar-refractivity contribution in [2.24, 2.45) is 5.92 Å². The molecule has 0 aromatic carbocycles. The lowest BCUT2D eigenvalue weighted by atomic mass is 10.1. The molecule has 0 N–H and O–H groups in total. The summed E-state index contributed by atoms with van der Waals surface area (Å²) in [5.41, 5.74) is 0.961. The van der Waals surface area contributed by atoms with Gasteiger partial charge in [0.2, 0.25) is 0 Å². The maximum absolute atomic E-state index is 5.90. The van der Waals surface area contributed by atoms with Crippen LogP contribution in [0.5, 0.6) is 0 Å². The first-order valence-corrected chi connectivity index (χ1v) is 5.48. The summed E-state index contributed by atoms with van der Waals surface area (Å²) < 4.78 is 0. The van der Waals surface area contributed by atoms with Gasteiger partial charge in [-0.25, -0.2) is 9.97 Å². The maximum atomic E-state index is 5.90. The molecular weight excluding hydrogens is 219 g/mol. The second kappa shape index (κ2) is 4.94. The minimum Gasteiger partial charge on any atom is -0.236 e. The van der Waals surface area contributed by atoms with Crippen LogP contribution in [-0.2, 0) is 6.42 Å². The van der Waals surface area contributed by atoms with Gasteiger partial charge in [-0.15, -0.1) is 11.6 Å². The van der Waals surface area contributed by atoms with Gasteiger partial charge in [0.15, 0.2) is 0 Å². The Morgan fingerprint density at radius 3 is 2.43 bits per heavy atom. The normalized spacial score (nSPS) is 13.3. The Labute approximate surface area is 94.7 Å². The molecule has 1 aromatic heterocycles. The van der Waals surface area contributed by atoms with Gasteiger partial charge in [-0.1, -0.05) is 25.4 Å². The second-order valence-electron chi connectivity index (χ2n) is 3.75. The van der Waals surface area contributed by atoms with E-state index in [0.29, 0.717) is 16.9 Å². The molecule has 1 aromatic rings. The fourth-order valence-corrected chi connectivity index (χ4v) is 1.49. The fraction of sp³-hybridized carbons (Fsp3) is 0.600. The molecule has 1 rings (SSSR count). The van der Waals surface area contributed by atoms with Crippen LogP contribution < -0.4 is 0 Å². The van der Waals surface area contributed by atoms with E-state index in [1.807, 2.05) is 6.92 Å². The molecule has 0 fully saturated rings. The molecule has 1 atom stereocenters. The minimum atomic E-state index is -0.195. The third kappa shape index (κ3) is 3.43. The summed E-state index contributed by atoms with van der Waals surface area (Å²) in [5.74, 6) is 1.16. The van der Waals surface area contributed by atoms with Crippen molar-refractivity contribution in [1.82, 2.24) is 9.97 Å². The Bertz CT molecular complexity index is 311. The topological polar surface area (TPSA) is 25.8 Å². The predicted octanol–water partition coefficient (Wildman–Crippen LogP) is 3.63. The van der Waals surface area contributed by atoms with Gasteiger partial charge in [0.05, 0.1) is 5.38 Å². The van der Waals surface area contributed by atoms with Crippen LogP contribution in [0.15, 0.2) is 6.07 Å². The van der Waals surface area contributed by atoms with Gasteiger partial charge in [0.25, 0.3) is 0 Å². The second-order valence-corrected chi connectivity index (χ2v) is 4.80. The Hall–Kier alpha value is -0.340. The van der Waals surface area contributed by atoms with Crippen molar-refractivity contribution in [2.75, 3.05) is 0 Å². The molecule has 4 heteroatoms. The summed E-state index contributed by atoms with van der Waals surface area (Å²) in [4.78, 5) is 8.41. The van der Waals surface area contributed by atoms with E-state index in [-0.39, 0.29) is 5.38 Å². The van der Waals surface area contributed by atoms with Crippen molar-refractivity contribution < 1.29 is 0 Å². The quantitative estimate of drug-likeness (QED) is 0.588. The van der Waals surface area contributed by atoms with Crippen LogP contribution in [0.1, 0.15) is 37.7 Å².